The lowest BCUT2D eigenvalue weighted by molar-refractivity contribution is 0.524. The maximum Gasteiger partial charge on any atom is 0.0988 e. The molecule has 1 rings (SSSR count). The van der Waals surface area contributed by atoms with Crippen molar-refractivity contribution in [1.29, 1.82) is 5.26 Å². The number of allylic oxidation sites excluding steroid dienone is 5. The Morgan fingerprint density at radius 2 is 1.83 bits per heavy atom. The molecule has 0 aliphatic rings. The number of benzene rings is 1. The molecule has 0 aliphatic heterocycles. The van der Waals surface area contributed by atoms with E-state index < -0.39 is 0 Å². The molecule has 0 saturated carbocycles. The maximum atomic E-state index is 8.31. The van der Waals surface area contributed by atoms with Gasteiger partial charge in [0.1, 0.15) is 0 Å². The Bertz CT molecular complexity index is 733. The Morgan fingerprint density at radius 3 is 2.17 bits per heavy atom. The van der Waals surface area contributed by atoms with Crippen LogP contribution < -0.4 is 11.1 Å². The van der Waals surface area contributed by atoms with Crippen molar-refractivity contribution < 1.29 is 0 Å². The van der Waals surface area contributed by atoms with Gasteiger partial charge >= 0.3 is 0 Å². The SMILES string of the molecule is C=C(C)c1cc(NC)c(C)cc1C.C=C/C=C(/C)C(=C)C#N.CCC(C)CCN. The van der Waals surface area contributed by atoms with Crippen molar-refractivity contribution in [2.75, 3.05) is 18.9 Å². The van der Waals surface area contributed by atoms with E-state index in [1.54, 1.807) is 12.2 Å². The molecule has 0 bridgehead atoms. The van der Waals surface area contributed by atoms with E-state index in [1.807, 2.05) is 27.0 Å². The average molecular weight is 396 g/mol. The first-order valence-corrected chi connectivity index (χ1v) is 10.1. The largest absolute Gasteiger partial charge is 0.388 e. The molecule has 1 aromatic carbocycles. The molecule has 0 heterocycles. The quantitative estimate of drug-likeness (QED) is 0.387. The maximum absolute atomic E-state index is 8.31. The van der Waals surface area contributed by atoms with E-state index in [4.69, 9.17) is 11.0 Å². The first kappa shape index (κ1) is 28.6. The predicted molar refractivity (Wildman–Crippen MR) is 132 cm³/mol. The van der Waals surface area contributed by atoms with Crippen LogP contribution in [-0.2, 0) is 0 Å². The zero-order valence-electron chi connectivity index (χ0n) is 19.7. The van der Waals surface area contributed by atoms with Gasteiger partial charge in [0.2, 0.25) is 0 Å². The Kier molecular flexibility index (Phi) is 16.2. The summed E-state index contributed by atoms with van der Waals surface area (Å²) in [6.45, 7) is 24.3. The number of nitriles is 1. The van der Waals surface area contributed by atoms with E-state index >= 15 is 0 Å². The summed E-state index contributed by atoms with van der Waals surface area (Å²) < 4.78 is 0. The molecule has 3 heteroatoms. The zero-order valence-corrected chi connectivity index (χ0v) is 19.7. The molecule has 3 nitrogen and oxygen atoms in total. The van der Waals surface area contributed by atoms with Crippen LogP contribution in [-0.4, -0.2) is 13.6 Å². The molecule has 160 valence electrons. The van der Waals surface area contributed by atoms with Gasteiger partial charge in [-0.15, -0.1) is 0 Å². The van der Waals surface area contributed by atoms with Gasteiger partial charge in [-0.2, -0.15) is 5.26 Å². The average Bonchev–Trinajstić information content (AvgIpc) is 2.68. The molecule has 0 fully saturated rings. The van der Waals surface area contributed by atoms with Crippen molar-refractivity contribution in [2.45, 2.75) is 54.4 Å². The molecule has 1 atom stereocenters. The van der Waals surface area contributed by atoms with Crippen molar-refractivity contribution in [3.63, 3.8) is 0 Å². The fourth-order valence-electron chi connectivity index (χ4n) is 2.44. The normalized spacial score (nSPS) is 10.9. The van der Waals surface area contributed by atoms with Crippen molar-refractivity contribution >= 4 is 11.3 Å². The minimum absolute atomic E-state index is 0.495. The summed E-state index contributed by atoms with van der Waals surface area (Å²) in [5.41, 5.74) is 12.8. The summed E-state index contributed by atoms with van der Waals surface area (Å²) in [6, 6.07) is 6.29. The van der Waals surface area contributed by atoms with Crippen LogP contribution in [0.1, 0.15) is 57.2 Å². The van der Waals surface area contributed by atoms with Crippen molar-refractivity contribution in [1.82, 2.24) is 0 Å². The molecule has 0 radical (unpaired) electrons. The summed E-state index contributed by atoms with van der Waals surface area (Å²) in [5, 5.41) is 11.5. The molecule has 1 aromatic rings. The number of anilines is 1. The van der Waals surface area contributed by atoms with Gasteiger partial charge in [-0.25, -0.2) is 0 Å². The van der Waals surface area contributed by atoms with Crippen LogP contribution >= 0.6 is 0 Å². The van der Waals surface area contributed by atoms with Gasteiger partial charge < -0.3 is 11.1 Å². The van der Waals surface area contributed by atoms with Crippen LogP contribution in [0.3, 0.4) is 0 Å². The molecule has 0 amide bonds. The van der Waals surface area contributed by atoms with Crippen LogP contribution in [0.5, 0.6) is 0 Å². The number of nitrogens with two attached hydrogens (primary N) is 1. The fourth-order valence-corrected chi connectivity index (χ4v) is 2.44. The minimum atomic E-state index is 0.495. The zero-order chi connectivity index (χ0) is 23.0. The molecule has 29 heavy (non-hydrogen) atoms. The second-order valence-corrected chi connectivity index (χ2v) is 7.28. The van der Waals surface area contributed by atoms with E-state index in [9.17, 15) is 0 Å². The second kappa shape index (κ2) is 16.4. The topological polar surface area (TPSA) is 61.8 Å². The lowest BCUT2D eigenvalue weighted by atomic mass is 9.99. The first-order chi connectivity index (χ1) is 13.6. The van der Waals surface area contributed by atoms with Crippen LogP contribution in [0, 0.1) is 31.1 Å². The van der Waals surface area contributed by atoms with Crippen LogP contribution in [0.25, 0.3) is 5.57 Å². The van der Waals surface area contributed by atoms with E-state index in [0.29, 0.717) is 5.57 Å². The fraction of sp³-hybridized carbons (Fsp3) is 0.423. The summed E-state index contributed by atoms with van der Waals surface area (Å²) in [7, 11) is 1.94. The number of rotatable bonds is 7. The molecule has 0 aromatic heterocycles. The summed E-state index contributed by atoms with van der Waals surface area (Å²) in [6.07, 6.45) is 5.83. The lowest BCUT2D eigenvalue weighted by Gasteiger charge is -2.11. The third kappa shape index (κ3) is 12.5. The highest BCUT2D eigenvalue weighted by atomic mass is 14.8. The van der Waals surface area contributed by atoms with Crippen LogP contribution in [0.2, 0.25) is 0 Å². The Hall–Kier alpha value is -2.57. The molecule has 1 unspecified atom stereocenters. The van der Waals surface area contributed by atoms with Crippen molar-refractivity contribution in [3.8, 4) is 6.07 Å². The van der Waals surface area contributed by atoms with Crippen molar-refractivity contribution in [3.05, 3.63) is 71.9 Å². The molecule has 0 saturated heterocycles. The van der Waals surface area contributed by atoms with Gasteiger partial charge in [-0.3, -0.25) is 0 Å². The highest BCUT2D eigenvalue weighted by Crippen LogP contribution is 2.24. The van der Waals surface area contributed by atoms with E-state index in [-0.39, 0.29) is 0 Å². The highest BCUT2D eigenvalue weighted by Gasteiger charge is 2.03. The molecular formula is C26H41N3. The third-order valence-electron chi connectivity index (χ3n) is 4.64. The number of nitrogens with zero attached hydrogens (tertiary/aromatic N) is 1. The smallest absolute Gasteiger partial charge is 0.0988 e. The Balaban J connectivity index is 0. The number of hydrogen-bond donors (Lipinski definition) is 2. The van der Waals surface area contributed by atoms with Crippen molar-refractivity contribution in [2.24, 2.45) is 11.7 Å². The molecular weight excluding hydrogens is 354 g/mol. The second-order valence-electron chi connectivity index (χ2n) is 7.28. The molecule has 0 spiro atoms. The number of aryl methyl sites for hydroxylation is 2. The monoisotopic (exact) mass is 395 g/mol. The lowest BCUT2D eigenvalue weighted by Crippen LogP contribution is -2.04. The van der Waals surface area contributed by atoms with Gasteiger partial charge in [-0.05, 0) is 74.9 Å². The first-order valence-electron chi connectivity index (χ1n) is 10.1. The summed E-state index contributed by atoms with van der Waals surface area (Å²) in [4.78, 5) is 0. The number of hydrogen-bond acceptors (Lipinski definition) is 3. The summed E-state index contributed by atoms with van der Waals surface area (Å²) in [5.74, 6) is 0.824. The van der Waals surface area contributed by atoms with E-state index in [0.717, 1.165) is 23.6 Å². The standard InChI is InChI=1S/C12H17N.C8H9N.C6H15N/c1-8(2)11-7-12(13-5)10(4)6-9(11)3;1-4-5-7(2)8(3)6-9;1-3-6(2)4-5-7/h6-7,13H,1H2,2-5H3;4-5H,1,3H2,2H3;6H,3-5,7H2,1-2H3/b;7-5-;. The predicted octanol–water partition coefficient (Wildman–Crippen LogP) is 6.96. The van der Waals surface area contributed by atoms with E-state index in [1.165, 1.54) is 35.2 Å². The minimum Gasteiger partial charge on any atom is -0.388 e. The van der Waals surface area contributed by atoms with Crippen LogP contribution in [0.4, 0.5) is 5.69 Å². The van der Waals surface area contributed by atoms with Gasteiger partial charge in [0, 0.05) is 18.3 Å². The van der Waals surface area contributed by atoms with Gasteiger partial charge in [-0.1, -0.05) is 63.8 Å². The molecule has 3 N–H and O–H groups in total. The molecule has 0 aliphatic carbocycles. The Morgan fingerprint density at radius 1 is 1.24 bits per heavy atom. The van der Waals surface area contributed by atoms with Gasteiger partial charge in [0.05, 0.1) is 6.07 Å². The third-order valence-corrected chi connectivity index (χ3v) is 4.64. The Labute approximate surface area is 179 Å². The van der Waals surface area contributed by atoms with Crippen LogP contribution in [0.15, 0.2) is 55.2 Å². The number of nitrogens with one attached hydrogen (secondary N) is 1. The highest BCUT2D eigenvalue weighted by molar-refractivity contribution is 5.70. The summed E-state index contributed by atoms with van der Waals surface area (Å²) >= 11 is 0. The van der Waals surface area contributed by atoms with Gasteiger partial charge in [0.15, 0.2) is 0 Å². The van der Waals surface area contributed by atoms with Gasteiger partial charge in [0.25, 0.3) is 0 Å². The van der Waals surface area contributed by atoms with E-state index in [2.05, 4.69) is 64.9 Å².